The summed E-state index contributed by atoms with van der Waals surface area (Å²) in [4.78, 5) is 27.1. The van der Waals surface area contributed by atoms with Crippen molar-refractivity contribution in [3.63, 3.8) is 0 Å². The molecule has 1 aliphatic heterocycles. The number of nitrogens with zero attached hydrogens (tertiary/aromatic N) is 4. The summed E-state index contributed by atoms with van der Waals surface area (Å²) in [6.45, 7) is 1.16. The highest BCUT2D eigenvalue weighted by atomic mass is 16.2. The third-order valence-electron chi connectivity index (χ3n) is 5.58. The first-order valence-electron chi connectivity index (χ1n) is 10.1. The first-order valence-corrected chi connectivity index (χ1v) is 10.1. The Balaban J connectivity index is 1.34. The number of nitrogens with one attached hydrogen (secondary N) is 2. The maximum Gasteiger partial charge on any atom is 0.272 e. The van der Waals surface area contributed by atoms with Crippen LogP contribution in [0.5, 0.6) is 0 Å². The average Bonchev–Trinajstić information content (AvgIpc) is 3.48. The van der Waals surface area contributed by atoms with Gasteiger partial charge in [-0.25, -0.2) is 4.98 Å². The predicted octanol–water partition coefficient (Wildman–Crippen LogP) is 3.57. The van der Waals surface area contributed by atoms with Gasteiger partial charge in [-0.1, -0.05) is 36.4 Å². The van der Waals surface area contributed by atoms with E-state index in [1.807, 2.05) is 29.2 Å². The molecule has 7 heteroatoms. The molecule has 30 heavy (non-hydrogen) atoms. The molecular formula is C23H22N6O. The fourth-order valence-corrected chi connectivity index (χ4v) is 4.03. The monoisotopic (exact) mass is 398 g/mol. The summed E-state index contributed by atoms with van der Waals surface area (Å²) in [5, 5.41) is 7.16. The standard InChI is InChI=1S/C23H22N6O/c30-23(20-12-19(27-28-20)18-8-4-5-11-24-18)29-13-17(22-21(14-29)25-15-26-22)10-9-16-6-2-1-3-7-16/h1-8,11-12,15,17H,9-10,13-14H2,(H,25,26)(H,27,28). The summed E-state index contributed by atoms with van der Waals surface area (Å²) >= 11 is 0. The molecule has 5 rings (SSSR count). The molecule has 4 aromatic rings. The molecule has 4 heterocycles. The molecule has 1 aliphatic rings. The zero-order valence-corrected chi connectivity index (χ0v) is 16.5. The van der Waals surface area contributed by atoms with Crippen LogP contribution in [0.25, 0.3) is 11.4 Å². The fraction of sp³-hybridized carbons (Fsp3) is 0.217. The lowest BCUT2D eigenvalue weighted by atomic mass is 9.91. The van der Waals surface area contributed by atoms with Gasteiger partial charge >= 0.3 is 0 Å². The van der Waals surface area contributed by atoms with Crippen LogP contribution in [0, 0.1) is 0 Å². The summed E-state index contributed by atoms with van der Waals surface area (Å²) in [5.74, 6) is 0.136. The van der Waals surface area contributed by atoms with Gasteiger partial charge in [0.25, 0.3) is 5.91 Å². The number of fused-ring (bicyclic) bond motifs is 1. The van der Waals surface area contributed by atoms with E-state index in [4.69, 9.17) is 0 Å². The van der Waals surface area contributed by atoms with Gasteiger partial charge in [-0.2, -0.15) is 5.10 Å². The second-order valence-corrected chi connectivity index (χ2v) is 7.56. The maximum absolute atomic E-state index is 13.2. The number of benzene rings is 1. The quantitative estimate of drug-likeness (QED) is 0.538. The second kappa shape index (κ2) is 7.94. The Labute approximate surface area is 174 Å². The van der Waals surface area contributed by atoms with Crippen molar-refractivity contribution in [2.24, 2.45) is 0 Å². The average molecular weight is 398 g/mol. The van der Waals surface area contributed by atoms with Gasteiger partial charge in [0.1, 0.15) is 11.4 Å². The minimum atomic E-state index is -0.0605. The minimum absolute atomic E-state index is 0.0605. The predicted molar refractivity (Wildman–Crippen MR) is 113 cm³/mol. The number of hydrogen-bond acceptors (Lipinski definition) is 4. The van der Waals surface area contributed by atoms with Crippen LogP contribution in [0.4, 0.5) is 0 Å². The third-order valence-corrected chi connectivity index (χ3v) is 5.58. The third kappa shape index (κ3) is 3.61. The minimum Gasteiger partial charge on any atom is -0.347 e. The molecule has 0 spiro atoms. The Morgan fingerprint density at radius 1 is 1.07 bits per heavy atom. The van der Waals surface area contributed by atoms with Gasteiger partial charge in [-0.05, 0) is 36.6 Å². The Bertz CT molecular complexity index is 1130. The summed E-state index contributed by atoms with van der Waals surface area (Å²) in [6, 6.07) is 17.8. The molecule has 2 N–H and O–H groups in total. The van der Waals surface area contributed by atoms with E-state index in [0.29, 0.717) is 24.5 Å². The van der Waals surface area contributed by atoms with Crippen molar-refractivity contribution in [1.29, 1.82) is 0 Å². The van der Waals surface area contributed by atoms with Crippen LogP contribution in [0.2, 0.25) is 0 Å². The van der Waals surface area contributed by atoms with Crippen LogP contribution in [-0.4, -0.2) is 42.5 Å². The topological polar surface area (TPSA) is 90.6 Å². The van der Waals surface area contributed by atoms with Crippen molar-refractivity contribution in [1.82, 2.24) is 30.0 Å². The summed E-state index contributed by atoms with van der Waals surface area (Å²) in [6.07, 6.45) is 5.33. The van der Waals surface area contributed by atoms with Gasteiger partial charge < -0.3 is 9.88 Å². The number of carbonyl (C=O) groups excluding carboxylic acids is 1. The molecule has 1 amide bonds. The molecule has 0 saturated carbocycles. The lowest BCUT2D eigenvalue weighted by Crippen LogP contribution is -2.38. The lowest BCUT2D eigenvalue weighted by molar-refractivity contribution is 0.0705. The second-order valence-electron chi connectivity index (χ2n) is 7.56. The number of imidazole rings is 1. The Morgan fingerprint density at radius 3 is 2.77 bits per heavy atom. The van der Waals surface area contributed by atoms with Crippen molar-refractivity contribution in [3.8, 4) is 11.4 Å². The highest BCUT2D eigenvalue weighted by Gasteiger charge is 2.31. The first kappa shape index (κ1) is 18.3. The number of pyridine rings is 1. The van der Waals surface area contributed by atoms with Crippen LogP contribution in [0.15, 0.2) is 67.1 Å². The van der Waals surface area contributed by atoms with Crippen LogP contribution in [-0.2, 0) is 13.0 Å². The number of aromatic amines is 2. The Kier molecular flexibility index (Phi) is 4.85. The summed E-state index contributed by atoms with van der Waals surface area (Å²) < 4.78 is 0. The van der Waals surface area contributed by atoms with E-state index >= 15 is 0 Å². The zero-order chi connectivity index (χ0) is 20.3. The molecule has 3 aromatic heterocycles. The van der Waals surface area contributed by atoms with Crippen molar-refractivity contribution in [2.75, 3.05) is 6.54 Å². The Morgan fingerprint density at radius 2 is 1.93 bits per heavy atom. The number of rotatable bonds is 5. The van der Waals surface area contributed by atoms with Gasteiger partial charge in [-0.15, -0.1) is 0 Å². The number of amides is 1. The molecule has 1 unspecified atom stereocenters. The highest BCUT2D eigenvalue weighted by Crippen LogP contribution is 2.30. The molecule has 150 valence electrons. The smallest absolute Gasteiger partial charge is 0.272 e. The van der Waals surface area contributed by atoms with Crippen LogP contribution in [0.3, 0.4) is 0 Å². The van der Waals surface area contributed by atoms with Crippen LogP contribution >= 0.6 is 0 Å². The molecule has 1 atom stereocenters. The van der Waals surface area contributed by atoms with E-state index in [1.54, 1.807) is 18.6 Å². The molecule has 0 aliphatic carbocycles. The molecule has 0 radical (unpaired) electrons. The lowest BCUT2D eigenvalue weighted by Gasteiger charge is -2.31. The molecule has 0 saturated heterocycles. The van der Waals surface area contributed by atoms with Gasteiger partial charge in [0.2, 0.25) is 0 Å². The van der Waals surface area contributed by atoms with Crippen LogP contribution < -0.4 is 0 Å². The summed E-state index contributed by atoms with van der Waals surface area (Å²) in [5.41, 5.74) is 5.26. The normalized spacial score (nSPS) is 15.7. The van der Waals surface area contributed by atoms with Crippen molar-refractivity contribution >= 4 is 5.91 Å². The summed E-state index contributed by atoms with van der Waals surface area (Å²) in [7, 11) is 0. The molecule has 0 bridgehead atoms. The zero-order valence-electron chi connectivity index (χ0n) is 16.5. The fourth-order valence-electron chi connectivity index (χ4n) is 4.03. The van der Waals surface area contributed by atoms with Gasteiger partial charge in [0, 0.05) is 18.7 Å². The molecule has 7 nitrogen and oxygen atoms in total. The van der Waals surface area contributed by atoms with Crippen molar-refractivity contribution in [2.45, 2.75) is 25.3 Å². The van der Waals surface area contributed by atoms with Crippen LogP contribution in [0.1, 0.15) is 39.8 Å². The van der Waals surface area contributed by atoms with E-state index in [2.05, 4.69) is 49.4 Å². The number of carbonyl (C=O) groups is 1. The van der Waals surface area contributed by atoms with Gasteiger partial charge in [0.05, 0.1) is 30.0 Å². The largest absolute Gasteiger partial charge is 0.347 e. The number of aromatic nitrogens is 5. The number of aryl methyl sites for hydroxylation is 1. The van der Waals surface area contributed by atoms with Gasteiger partial charge in [0.15, 0.2) is 0 Å². The first-order chi connectivity index (χ1) is 14.8. The number of H-pyrrole nitrogens is 2. The van der Waals surface area contributed by atoms with E-state index < -0.39 is 0 Å². The molecule has 0 fully saturated rings. The molecule has 1 aromatic carbocycles. The van der Waals surface area contributed by atoms with E-state index in [9.17, 15) is 4.79 Å². The van der Waals surface area contributed by atoms with E-state index in [0.717, 1.165) is 29.9 Å². The number of hydrogen-bond donors (Lipinski definition) is 2. The van der Waals surface area contributed by atoms with E-state index in [1.165, 1.54) is 5.56 Å². The highest BCUT2D eigenvalue weighted by molar-refractivity contribution is 5.93. The SMILES string of the molecule is O=C(c1cc(-c2ccccn2)n[nH]1)N1Cc2[nH]cnc2C(CCc2ccccc2)C1. The van der Waals surface area contributed by atoms with Gasteiger partial charge in [-0.3, -0.25) is 14.9 Å². The van der Waals surface area contributed by atoms with Crippen molar-refractivity contribution < 1.29 is 4.79 Å². The molecular weight excluding hydrogens is 376 g/mol. The Hall–Kier alpha value is -3.74. The van der Waals surface area contributed by atoms with Crippen molar-refractivity contribution in [3.05, 3.63) is 89.8 Å². The van der Waals surface area contributed by atoms with E-state index in [-0.39, 0.29) is 11.8 Å². The maximum atomic E-state index is 13.2.